The number of anilines is 1. The summed E-state index contributed by atoms with van der Waals surface area (Å²) < 4.78 is 5.51. The molecule has 0 bridgehead atoms. The van der Waals surface area contributed by atoms with Crippen LogP contribution in [0, 0.1) is 0 Å². The number of carbonyl (C=O) groups excluding carboxylic acids is 1. The van der Waals surface area contributed by atoms with Gasteiger partial charge in [0.15, 0.2) is 5.76 Å². The van der Waals surface area contributed by atoms with Crippen molar-refractivity contribution in [2.75, 3.05) is 18.0 Å². The van der Waals surface area contributed by atoms with Crippen LogP contribution in [0.3, 0.4) is 0 Å². The topological polar surface area (TPSA) is 57.5 Å². The molecule has 2 aromatic rings. The second-order valence-electron chi connectivity index (χ2n) is 6.75. The molecule has 2 aliphatic rings. The van der Waals surface area contributed by atoms with Crippen LogP contribution in [-0.4, -0.2) is 31.1 Å². The van der Waals surface area contributed by atoms with Crippen LogP contribution in [0.25, 0.3) is 0 Å². The molecule has 1 amide bonds. The molecule has 0 spiro atoms. The second kappa shape index (κ2) is 6.32. The van der Waals surface area contributed by atoms with Gasteiger partial charge in [-0.05, 0) is 44.0 Å². The van der Waals surface area contributed by atoms with Crippen molar-refractivity contribution in [2.45, 2.75) is 38.4 Å². The summed E-state index contributed by atoms with van der Waals surface area (Å²) >= 11 is 0. The van der Waals surface area contributed by atoms with E-state index in [1.165, 1.54) is 11.3 Å². The Morgan fingerprint density at radius 1 is 1.38 bits per heavy atom. The van der Waals surface area contributed by atoms with Gasteiger partial charge in [0.2, 0.25) is 0 Å². The molecule has 2 atom stereocenters. The van der Waals surface area contributed by atoms with Gasteiger partial charge < -0.3 is 20.0 Å². The molecule has 3 heterocycles. The molecule has 1 aromatic heterocycles. The van der Waals surface area contributed by atoms with E-state index in [4.69, 9.17) is 4.42 Å². The fourth-order valence-corrected chi connectivity index (χ4v) is 3.74. The van der Waals surface area contributed by atoms with E-state index >= 15 is 0 Å². The smallest absolute Gasteiger partial charge is 0.287 e. The highest BCUT2D eigenvalue weighted by molar-refractivity contribution is 5.93. The summed E-state index contributed by atoms with van der Waals surface area (Å²) in [5.41, 5.74) is 3.58. The predicted molar refractivity (Wildman–Crippen MR) is 93.2 cm³/mol. The minimum Gasteiger partial charge on any atom is -0.459 e. The van der Waals surface area contributed by atoms with Gasteiger partial charge in [-0.1, -0.05) is 18.2 Å². The number of hydrogen-bond donors (Lipinski definition) is 2. The van der Waals surface area contributed by atoms with Crippen LogP contribution in [-0.2, 0) is 13.0 Å². The number of fused-ring (bicyclic) bond motifs is 1. The standard InChI is InChI=1S/C19H23N3O2/c1-13-10-14-4-2-3-5-17(14)22(13)12-15-7-9-24-18(15)19(23)21-16-6-8-20-11-16/h2-5,7,9,13,16,20H,6,8,10-12H2,1H3,(H,21,23)/t13-,16-/m1/s1. The van der Waals surface area contributed by atoms with E-state index in [2.05, 4.69) is 46.7 Å². The monoisotopic (exact) mass is 325 g/mol. The van der Waals surface area contributed by atoms with Gasteiger partial charge in [-0.3, -0.25) is 4.79 Å². The SMILES string of the molecule is C[C@@H]1Cc2ccccc2N1Cc1ccoc1C(=O)N[C@@H]1CCNC1. The van der Waals surface area contributed by atoms with E-state index in [0.29, 0.717) is 18.3 Å². The quantitative estimate of drug-likeness (QED) is 0.906. The van der Waals surface area contributed by atoms with E-state index < -0.39 is 0 Å². The van der Waals surface area contributed by atoms with E-state index in [9.17, 15) is 4.79 Å². The average molecular weight is 325 g/mol. The number of rotatable bonds is 4. The van der Waals surface area contributed by atoms with Gasteiger partial charge in [-0.15, -0.1) is 0 Å². The Morgan fingerprint density at radius 3 is 3.08 bits per heavy atom. The third-order valence-electron chi connectivity index (χ3n) is 5.04. The zero-order chi connectivity index (χ0) is 16.5. The van der Waals surface area contributed by atoms with Gasteiger partial charge in [0.05, 0.1) is 6.26 Å². The molecule has 5 nitrogen and oxygen atoms in total. The van der Waals surface area contributed by atoms with Gasteiger partial charge in [-0.25, -0.2) is 0 Å². The van der Waals surface area contributed by atoms with E-state index in [1.54, 1.807) is 6.26 Å². The maximum atomic E-state index is 12.5. The number of carbonyl (C=O) groups is 1. The summed E-state index contributed by atoms with van der Waals surface area (Å²) in [6.45, 7) is 4.71. The molecule has 1 fully saturated rings. The number of para-hydroxylation sites is 1. The number of benzene rings is 1. The molecule has 0 aliphatic carbocycles. The fraction of sp³-hybridized carbons (Fsp3) is 0.421. The summed E-state index contributed by atoms with van der Waals surface area (Å²) in [4.78, 5) is 14.9. The van der Waals surface area contributed by atoms with Gasteiger partial charge in [-0.2, -0.15) is 0 Å². The van der Waals surface area contributed by atoms with Crippen LogP contribution >= 0.6 is 0 Å². The highest BCUT2D eigenvalue weighted by atomic mass is 16.3. The fourth-order valence-electron chi connectivity index (χ4n) is 3.74. The Labute approximate surface area is 142 Å². The van der Waals surface area contributed by atoms with Crippen molar-refractivity contribution in [1.82, 2.24) is 10.6 Å². The Bertz CT molecular complexity index is 734. The van der Waals surface area contributed by atoms with E-state index in [0.717, 1.165) is 31.5 Å². The minimum atomic E-state index is -0.108. The minimum absolute atomic E-state index is 0.108. The van der Waals surface area contributed by atoms with Gasteiger partial charge in [0.25, 0.3) is 5.91 Å². The highest BCUT2D eigenvalue weighted by Gasteiger charge is 2.28. The van der Waals surface area contributed by atoms with Crippen LogP contribution in [0.15, 0.2) is 41.0 Å². The van der Waals surface area contributed by atoms with Crippen LogP contribution < -0.4 is 15.5 Å². The molecule has 1 saturated heterocycles. The molecule has 4 rings (SSSR count). The van der Waals surface area contributed by atoms with Crippen LogP contribution in [0.5, 0.6) is 0 Å². The lowest BCUT2D eigenvalue weighted by molar-refractivity contribution is 0.0910. The van der Waals surface area contributed by atoms with Crippen molar-refractivity contribution in [3.63, 3.8) is 0 Å². The first-order chi connectivity index (χ1) is 11.7. The third-order valence-corrected chi connectivity index (χ3v) is 5.04. The lowest BCUT2D eigenvalue weighted by Crippen LogP contribution is -2.37. The molecule has 0 radical (unpaired) electrons. The summed E-state index contributed by atoms with van der Waals surface area (Å²) in [7, 11) is 0. The van der Waals surface area contributed by atoms with Gasteiger partial charge in [0, 0.05) is 36.4 Å². The maximum absolute atomic E-state index is 12.5. The van der Waals surface area contributed by atoms with Gasteiger partial charge >= 0.3 is 0 Å². The molecule has 2 aliphatic heterocycles. The van der Waals surface area contributed by atoms with Crippen molar-refractivity contribution in [3.05, 3.63) is 53.5 Å². The van der Waals surface area contributed by atoms with Crippen LogP contribution in [0.2, 0.25) is 0 Å². The maximum Gasteiger partial charge on any atom is 0.287 e. The summed E-state index contributed by atoms with van der Waals surface area (Å²) in [5.74, 6) is 0.335. The summed E-state index contributed by atoms with van der Waals surface area (Å²) in [6.07, 6.45) is 3.63. The third kappa shape index (κ3) is 2.80. The number of nitrogens with zero attached hydrogens (tertiary/aromatic N) is 1. The van der Waals surface area contributed by atoms with Crippen molar-refractivity contribution >= 4 is 11.6 Å². The number of furan rings is 1. The van der Waals surface area contributed by atoms with Crippen LogP contribution in [0.4, 0.5) is 5.69 Å². The number of nitrogens with one attached hydrogen (secondary N) is 2. The molecule has 126 valence electrons. The summed E-state index contributed by atoms with van der Waals surface area (Å²) in [5, 5.41) is 6.32. The van der Waals surface area contributed by atoms with Crippen molar-refractivity contribution < 1.29 is 9.21 Å². The molecule has 5 heteroatoms. The lowest BCUT2D eigenvalue weighted by atomic mass is 10.1. The lowest BCUT2D eigenvalue weighted by Gasteiger charge is -2.24. The highest BCUT2D eigenvalue weighted by Crippen LogP contribution is 2.33. The first-order valence-electron chi connectivity index (χ1n) is 8.65. The molecule has 1 aromatic carbocycles. The zero-order valence-corrected chi connectivity index (χ0v) is 13.9. The zero-order valence-electron chi connectivity index (χ0n) is 13.9. The first kappa shape index (κ1) is 15.3. The van der Waals surface area contributed by atoms with Crippen molar-refractivity contribution in [3.8, 4) is 0 Å². The van der Waals surface area contributed by atoms with Crippen LogP contribution in [0.1, 0.15) is 35.0 Å². The van der Waals surface area contributed by atoms with Crippen molar-refractivity contribution in [1.29, 1.82) is 0 Å². The summed E-state index contributed by atoms with van der Waals surface area (Å²) in [6, 6.07) is 11.0. The molecule has 0 unspecified atom stereocenters. The van der Waals surface area contributed by atoms with E-state index in [1.807, 2.05) is 6.07 Å². The Hall–Kier alpha value is -2.27. The molecule has 0 saturated carbocycles. The second-order valence-corrected chi connectivity index (χ2v) is 6.75. The Morgan fingerprint density at radius 2 is 2.25 bits per heavy atom. The predicted octanol–water partition coefficient (Wildman–Crippen LogP) is 2.32. The molecule has 2 N–H and O–H groups in total. The number of amides is 1. The average Bonchev–Trinajstić information content (AvgIpc) is 3.29. The molecular formula is C19H23N3O2. The number of hydrogen-bond acceptors (Lipinski definition) is 4. The van der Waals surface area contributed by atoms with E-state index in [-0.39, 0.29) is 11.9 Å². The Kier molecular flexibility index (Phi) is 4.02. The molecule has 24 heavy (non-hydrogen) atoms. The normalized spacial score (nSPS) is 22.6. The van der Waals surface area contributed by atoms with Crippen molar-refractivity contribution in [2.24, 2.45) is 0 Å². The first-order valence-corrected chi connectivity index (χ1v) is 8.65. The largest absolute Gasteiger partial charge is 0.459 e. The van der Waals surface area contributed by atoms with Gasteiger partial charge in [0.1, 0.15) is 0 Å². The Balaban J connectivity index is 1.52. The molecular weight excluding hydrogens is 302 g/mol.